The second-order valence-electron chi connectivity index (χ2n) is 5.68. The van der Waals surface area contributed by atoms with Gasteiger partial charge in [0.25, 0.3) is 5.91 Å². The Labute approximate surface area is 157 Å². The van der Waals surface area contributed by atoms with E-state index in [0.29, 0.717) is 17.1 Å². The van der Waals surface area contributed by atoms with Gasteiger partial charge >= 0.3 is 0 Å². The summed E-state index contributed by atoms with van der Waals surface area (Å²) >= 11 is 5.37. The predicted octanol–water partition coefficient (Wildman–Crippen LogP) is 3.80. The summed E-state index contributed by atoms with van der Waals surface area (Å²) in [5, 5.41) is 3.27. The molecular formula is C20H18N4OS. The van der Waals surface area contributed by atoms with Crippen molar-refractivity contribution in [1.82, 2.24) is 9.88 Å². The number of hydrogen-bond acceptors (Lipinski definition) is 4. The second kappa shape index (κ2) is 7.76. The first-order chi connectivity index (χ1) is 12.6. The van der Waals surface area contributed by atoms with Crippen LogP contribution in [-0.2, 0) is 0 Å². The highest BCUT2D eigenvalue weighted by Gasteiger charge is 2.16. The highest BCUT2D eigenvalue weighted by atomic mass is 32.1. The van der Waals surface area contributed by atoms with Gasteiger partial charge in [-0.05, 0) is 36.0 Å². The Kier molecular flexibility index (Phi) is 5.24. The molecule has 0 atom stereocenters. The summed E-state index contributed by atoms with van der Waals surface area (Å²) in [6, 6.07) is 20.7. The molecule has 0 aliphatic carbocycles. The first-order valence-electron chi connectivity index (χ1n) is 8.01. The molecule has 6 heteroatoms. The van der Waals surface area contributed by atoms with Crippen molar-refractivity contribution in [3.05, 3.63) is 78.5 Å². The minimum atomic E-state index is -0.200. The van der Waals surface area contributed by atoms with E-state index in [9.17, 15) is 4.79 Å². The van der Waals surface area contributed by atoms with Gasteiger partial charge in [0, 0.05) is 24.4 Å². The lowest BCUT2D eigenvalue weighted by atomic mass is 10.1. The van der Waals surface area contributed by atoms with Gasteiger partial charge in [-0.15, -0.1) is 0 Å². The lowest BCUT2D eigenvalue weighted by Gasteiger charge is -2.20. The van der Waals surface area contributed by atoms with Gasteiger partial charge in [0.05, 0.1) is 5.69 Å². The van der Waals surface area contributed by atoms with Gasteiger partial charge in [0.15, 0.2) is 5.11 Å². The Bertz CT molecular complexity index is 929. The fourth-order valence-electron chi connectivity index (χ4n) is 2.43. The first kappa shape index (κ1) is 17.6. The Hall–Kier alpha value is -3.25. The molecule has 0 fully saturated rings. The smallest absolute Gasteiger partial charge is 0.259 e. The molecule has 3 aromatic rings. The summed E-state index contributed by atoms with van der Waals surface area (Å²) in [6.45, 7) is 0. The highest BCUT2D eigenvalue weighted by Crippen LogP contribution is 2.25. The molecule has 0 radical (unpaired) electrons. The first-order valence-corrected chi connectivity index (χ1v) is 8.42. The monoisotopic (exact) mass is 362 g/mol. The molecule has 1 amide bonds. The van der Waals surface area contributed by atoms with E-state index in [4.69, 9.17) is 18.0 Å². The van der Waals surface area contributed by atoms with Crippen LogP contribution in [0.4, 0.5) is 11.5 Å². The summed E-state index contributed by atoms with van der Waals surface area (Å²) in [5.41, 5.74) is 9.01. The largest absolute Gasteiger partial charge is 0.382 e. The molecular weight excluding hydrogens is 344 g/mol. The number of hydrogen-bond donors (Lipinski definition) is 2. The minimum absolute atomic E-state index is 0.200. The van der Waals surface area contributed by atoms with Gasteiger partial charge in [0.2, 0.25) is 0 Å². The Morgan fingerprint density at radius 2 is 1.65 bits per heavy atom. The number of amides is 1. The van der Waals surface area contributed by atoms with Crippen molar-refractivity contribution in [1.29, 1.82) is 0 Å². The molecule has 0 spiro atoms. The van der Waals surface area contributed by atoms with E-state index in [0.717, 1.165) is 11.1 Å². The lowest BCUT2D eigenvalue weighted by molar-refractivity contribution is 0.0873. The van der Waals surface area contributed by atoms with Crippen LogP contribution >= 0.6 is 12.2 Å². The van der Waals surface area contributed by atoms with Crippen molar-refractivity contribution in [3.63, 3.8) is 0 Å². The zero-order valence-electron chi connectivity index (χ0n) is 14.2. The molecule has 0 saturated carbocycles. The molecule has 0 aliphatic heterocycles. The van der Waals surface area contributed by atoms with Crippen molar-refractivity contribution in [2.45, 2.75) is 0 Å². The van der Waals surface area contributed by atoms with Crippen LogP contribution in [0.15, 0.2) is 72.9 Å². The van der Waals surface area contributed by atoms with Crippen LogP contribution in [0.2, 0.25) is 0 Å². The second-order valence-corrected chi connectivity index (χ2v) is 6.07. The van der Waals surface area contributed by atoms with E-state index in [1.807, 2.05) is 54.6 Å². The maximum absolute atomic E-state index is 12.5. The standard InChI is InChI=1S/C20H18N4OS/c1-24(19(25)15-10-6-3-7-11-15)20(26)23-17-12-16(13-22-18(17)21)14-8-4-2-5-9-14/h2-13H,1H3,(H2,21,22)(H,23,26). The van der Waals surface area contributed by atoms with Crippen molar-refractivity contribution < 1.29 is 4.79 Å². The average molecular weight is 362 g/mol. The fraction of sp³-hybridized carbons (Fsp3) is 0.0500. The average Bonchev–Trinajstić information content (AvgIpc) is 2.69. The number of aromatic nitrogens is 1. The maximum Gasteiger partial charge on any atom is 0.259 e. The van der Waals surface area contributed by atoms with Gasteiger partial charge in [0.1, 0.15) is 5.82 Å². The minimum Gasteiger partial charge on any atom is -0.382 e. The summed E-state index contributed by atoms with van der Waals surface area (Å²) < 4.78 is 0. The maximum atomic E-state index is 12.5. The van der Waals surface area contributed by atoms with Crippen molar-refractivity contribution >= 4 is 34.7 Å². The van der Waals surface area contributed by atoms with Crippen LogP contribution < -0.4 is 11.1 Å². The van der Waals surface area contributed by atoms with Crippen LogP contribution in [0.5, 0.6) is 0 Å². The number of rotatable bonds is 3. The molecule has 130 valence electrons. The zero-order chi connectivity index (χ0) is 18.5. The number of thiocarbonyl (C=S) groups is 1. The molecule has 3 N–H and O–H groups in total. The molecule has 1 aromatic heterocycles. The van der Waals surface area contributed by atoms with Gasteiger partial charge in [-0.3, -0.25) is 9.69 Å². The van der Waals surface area contributed by atoms with Gasteiger partial charge in [-0.2, -0.15) is 0 Å². The lowest BCUT2D eigenvalue weighted by Crippen LogP contribution is -2.36. The molecule has 26 heavy (non-hydrogen) atoms. The summed E-state index contributed by atoms with van der Waals surface area (Å²) in [6.07, 6.45) is 1.71. The number of nitrogens with zero attached hydrogens (tertiary/aromatic N) is 2. The molecule has 5 nitrogen and oxygen atoms in total. The third-order valence-corrected chi connectivity index (χ3v) is 4.27. The number of nitrogens with one attached hydrogen (secondary N) is 1. The van der Waals surface area contributed by atoms with Crippen LogP contribution in [-0.4, -0.2) is 28.0 Å². The predicted molar refractivity (Wildman–Crippen MR) is 109 cm³/mol. The molecule has 3 rings (SSSR count). The normalized spacial score (nSPS) is 10.2. The van der Waals surface area contributed by atoms with Crippen molar-refractivity contribution in [2.75, 3.05) is 18.1 Å². The Morgan fingerprint density at radius 3 is 2.31 bits per heavy atom. The Balaban J connectivity index is 1.80. The van der Waals surface area contributed by atoms with E-state index in [1.54, 1.807) is 25.4 Å². The van der Waals surface area contributed by atoms with Crippen LogP contribution in [0.25, 0.3) is 11.1 Å². The quantitative estimate of drug-likeness (QED) is 0.694. The third-order valence-electron chi connectivity index (χ3n) is 3.90. The number of carbonyl (C=O) groups excluding carboxylic acids is 1. The fourth-order valence-corrected chi connectivity index (χ4v) is 2.62. The number of nitrogen functional groups attached to an aromatic ring is 1. The summed E-state index contributed by atoms with van der Waals surface area (Å²) in [7, 11) is 1.62. The summed E-state index contributed by atoms with van der Waals surface area (Å²) in [5.74, 6) is 0.112. The van der Waals surface area contributed by atoms with Crippen molar-refractivity contribution in [2.24, 2.45) is 0 Å². The van der Waals surface area contributed by atoms with Gasteiger partial charge in [-0.1, -0.05) is 48.5 Å². The molecule has 0 saturated heterocycles. The Morgan fingerprint density at radius 1 is 1.04 bits per heavy atom. The van der Waals surface area contributed by atoms with E-state index < -0.39 is 0 Å². The van der Waals surface area contributed by atoms with Crippen LogP contribution in [0.1, 0.15) is 10.4 Å². The number of anilines is 2. The van der Waals surface area contributed by atoms with E-state index in [-0.39, 0.29) is 11.0 Å². The molecule has 0 unspecified atom stereocenters. The number of carbonyl (C=O) groups is 1. The molecule has 1 heterocycles. The number of pyridine rings is 1. The third kappa shape index (κ3) is 3.87. The SMILES string of the molecule is CN(C(=O)c1ccccc1)C(=S)Nc1cc(-c2ccccc2)cnc1N. The highest BCUT2D eigenvalue weighted by molar-refractivity contribution is 7.80. The number of nitrogens with two attached hydrogens (primary N) is 1. The van der Waals surface area contributed by atoms with Gasteiger partial charge < -0.3 is 11.1 Å². The molecule has 2 aromatic carbocycles. The van der Waals surface area contributed by atoms with E-state index >= 15 is 0 Å². The van der Waals surface area contributed by atoms with Crippen molar-refractivity contribution in [3.8, 4) is 11.1 Å². The van der Waals surface area contributed by atoms with E-state index in [1.165, 1.54) is 4.90 Å². The number of benzene rings is 2. The van der Waals surface area contributed by atoms with E-state index in [2.05, 4.69) is 10.3 Å². The van der Waals surface area contributed by atoms with Crippen LogP contribution in [0, 0.1) is 0 Å². The zero-order valence-corrected chi connectivity index (χ0v) is 15.0. The topological polar surface area (TPSA) is 71.2 Å². The van der Waals surface area contributed by atoms with Gasteiger partial charge in [-0.25, -0.2) is 4.98 Å². The molecule has 0 bridgehead atoms. The molecule has 0 aliphatic rings. The summed E-state index contributed by atoms with van der Waals surface area (Å²) in [4.78, 5) is 18.1. The van der Waals surface area contributed by atoms with Crippen LogP contribution in [0.3, 0.4) is 0 Å².